The third kappa shape index (κ3) is 3.31. The molecule has 3 atom stereocenters. The number of ether oxygens (including phenoxy) is 1. The third-order valence-corrected chi connectivity index (χ3v) is 7.50. The molecule has 9 nitrogen and oxygen atoms in total. The van der Waals surface area contributed by atoms with Crippen LogP contribution < -0.4 is 0 Å². The first kappa shape index (κ1) is 19.9. The van der Waals surface area contributed by atoms with Crippen molar-refractivity contribution in [3.8, 4) is 0 Å². The molecule has 3 amide bonds. The Hall–Kier alpha value is -2.03. The van der Waals surface area contributed by atoms with E-state index in [9.17, 15) is 14.8 Å². The van der Waals surface area contributed by atoms with Crippen molar-refractivity contribution < 1.29 is 24.4 Å². The van der Waals surface area contributed by atoms with Gasteiger partial charge in [0.05, 0.1) is 17.8 Å². The van der Waals surface area contributed by atoms with Crippen molar-refractivity contribution in [1.29, 1.82) is 0 Å². The predicted molar refractivity (Wildman–Crippen MR) is 107 cm³/mol. The normalized spacial score (nSPS) is 33.1. The van der Waals surface area contributed by atoms with E-state index in [1.807, 2.05) is 20.8 Å². The molecular weight excluding hydrogens is 388 g/mol. The standard InChI is InChI=1S/C21H32N4O5/c1-20(2,3)29-19(27)23-8-4-13(5-9-23)16-10-14(22-30-16)15-11-21(6-7-21)17-12-24(15)18(26)25(17)28/h13,15-17,28H,4-12H2,1-3H3/t15-,16?,17-/m0/s1. The number of carbonyl (C=O) groups excluding carboxylic acids is 2. The fourth-order valence-corrected chi connectivity index (χ4v) is 5.59. The van der Waals surface area contributed by atoms with Crippen molar-refractivity contribution in [2.75, 3.05) is 19.6 Å². The number of likely N-dealkylation sites (tertiary alicyclic amines) is 1. The Bertz CT molecular complexity index is 766. The zero-order valence-corrected chi connectivity index (χ0v) is 18.0. The Morgan fingerprint density at radius 3 is 2.60 bits per heavy atom. The van der Waals surface area contributed by atoms with E-state index in [1.165, 1.54) is 0 Å². The van der Waals surface area contributed by atoms with Crippen LogP contribution in [0, 0.1) is 11.3 Å². The number of amides is 3. The van der Waals surface area contributed by atoms with Crippen LogP contribution in [0.3, 0.4) is 0 Å². The zero-order chi connectivity index (χ0) is 21.3. The fraction of sp³-hybridized carbons (Fsp3) is 0.857. The smallest absolute Gasteiger partial charge is 0.410 e. The summed E-state index contributed by atoms with van der Waals surface area (Å²) in [6.45, 7) is 7.54. The molecule has 0 aromatic heterocycles. The van der Waals surface area contributed by atoms with Gasteiger partial charge in [0.25, 0.3) is 0 Å². The average molecular weight is 421 g/mol. The van der Waals surface area contributed by atoms with Crippen molar-refractivity contribution in [1.82, 2.24) is 14.9 Å². The van der Waals surface area contributed by atoms with Gasteiger partial charge in [-0.05, 0) is 58.3 Å². The predicted octanol–water partition coefficient (Wildman–Crippen LogP) is 2.83. The van der Waals surface area contributed by atoms with Gasteiger partial charge in [0.1, 0.15) is 11.7 Å². The van der Waals surface area contributed by atoms with Crippen LogP contribution in [0.5, 0.6) is 0 Å². The summed E-state index contributed by atoms with van der Waals surface area (Å²) in [4.78, 5) is 34.2. The van der Waals surface area contributed by atoms with Gasteiger partial charge in [-0.25, -0.2) is 14.7 Å². The van der Waals surface area contributed by atoms with Crippen molar-refractivity contribution in [2.45, 2.75) is 83.1 Å². The lowest BCUT2D eigenvalue weighted by Gasteiger charge is -2.36. The van der Waals surface area contributed by atoms with Gasteiger partial charge >= 0.3 is 12.1 Å². The number of piperidine rings is 2. The molecule has 5 rings (SSSR count). The number of oxime groups is 1. The van der Waals surface area contributed by atoms with E-state index in [2.05, 4.69) is 5.16 Å². The highest BCUT2D eigenvalue weighted by Gasteiger charge is 2.63. The van der Waals surface area contributed by atoms with Gasteiger partial charge in [0.15, 0.2) is 0 Å². The first-order valence-electron chi connectivity index (χ1n) is 11.2. The van der Waals surface area contributed by atoms with Gasteiger partial charge in [-0.3, -0.25) is 5.21 Å². The SMILES string of the molecule is CC(C)(C)OC(=O)N1CCC(C2CC([C@@H]3CC4(CC4)[C@@H]4CN3C(=O)N4O)=NO2)CC1. The molecular formula is C21H32N4O5. The molecule has 1 spiro atoms. The molecule has 0 aromatic carbocycles. The molecule has 1 aliphatic carbocycles. The van der Waals surface area contributed by atoms with E-state index < -0.39 is 5.60 Å². The molecule has 1 N–H and O–H groups in total. The number of fused-ring (bicyclic) bond motifs is 3. The highest BCUT2D eigenvalue weighted by Crippen LogP contribution is 2.59. The molecule has 0 radical (unpaired) electrons. The van der Waals surface area contributed by atoms with Crippen LogP contribution in [0.4, 0.5) is 9.59 Å². The van der Waals surface area contributed by atoms with Crippen LogP contribution in [-0.2, 0) is 9.57 Å². The second kappa shape index (κ2) is 6.73. The van der Waals surface area contributed by atoms with Crippen LogP contribution in [0.25, 0.3) is 0 Å². The van der Waals surface area contributed by atoms with E-state index in [-0.39, 0.29) is 35.7 Å². The molecule has 4 aliphatic heterocycles. The summed E-state index contributed by atoms with van der Waals surface area (Å²) >= 11 is 0. The summed E-state index contributed by atoms with van der Waals surface area (Å²) in [5, 5.41) is 15.6. The van der Waals surface area contributed by atoms with E-state index in [0.29, 0.717) is 25.6 Å². The molecule has 5 aliphatic rings. The third-order valence-electron chi connectivity index (χ3n) is 7.50. The number of nitrogens with zero attached hydrogens (tertiary/aromatic N) is 4. The summed E-state index contributed by atoms with van der Waals surface area (Å²) in [5.74, 6) is 0.333. The lowest BCUT2D eigenvalue weighted by Crippen LogP contribution is -2.49. The van der Waals surface area contributed by atoms with Gasteiger partial charge in [0.2, 0.25) is 0 Å². The first-order valence-corrected chi connectivity index (χ1v) is 11.2. The number of hydroxylamine groups is 2. The average Bonchev–Trinajstić information content (AvgIpc) is 3.19. The molecule has 3 saturated heterocycles. The topological polar surface area (TPSA) is 94.9 Å². The quantitative estimate of drug-likeness (QED) is 0.693. The van der Waals surface area contributed by atoms with Crippen molar-refractivity contribution >= 4 is 17.8 Å². The number of rotatable bonds is 2. The first-order chi connectivity index (χ1) is 14.2. The minimum Gasteiger partial charge on any atom is -0.444 e. The van der Waals surface area contributed by atoms with E-state index in [1.54, 1.807) is 9.80 Å². The lowest BCUT2D eigenvalue weighted by atomic mass is 9.81. The maximum absolute atomic E-state index is 12.5. The van der Waals surface area contributed by atoms with E-state index in [0.717, 1.165) is 49.3 Å². The Balaban J connectivity index is 1.17. The van der Waals surface area contributed by atoms with Crippen LogP contribution in [0.15, 0.2) is 5.16 Å². The minimum atomic E-state index is -0.486. The summed E-state index contributed by atoms with van der Waals surface area (Å²) in [6.07, 6.45) is 5.17. The molecule has 4 heterocycles. The van der Waals surface area contributed by atoms with Crippen molar-refractivity contribution in [2.24, 2.45) is 16.5 Å². The Morgan fingerprint density at radius 1 is 1.27 bits per heavy atom. The summed E-state index contributed by atoms with van der Waals surface area (Å²) in [5.41, 5.74) is 0.504. The number of hydrogen-bond donors (Lipinski definition) is 1. The molecule has 9 heteroatoms. The van der Waals surface area contributed by atoms with Gasteiger partial charge in [0, 0.05) is 32.0 Å². The lowest BCUT2D eigenvalue weighted by molar-refractivity contribution is -0.0775. The molecule has 1 saturated carbocycles. The number of carbonyl (C=O) groups is 2. The van der Waals surface area contributed by atoms with Crippen LogP contribution in [0.2, 0.25) is 0 Å². The molecule has 30 heavy (non-hydrogen) atoms. The highest BCUT2D eigenvalue weighted by molar-refractivity contribution is 5.94. The van der Waals surface area contributed by atoms with Crippen LogP contribution in [0.1, 0.15) is 59.3 Å². The Morgan fingerprint density at radius 2 is 1.97 bits per heavy atom. The van der Waals surface area contributed by atoms with Gasteiger partial charge in [-0.1, -0.05) is 5.16 Å². The number of hydrogen-bond acceptors (Lipinski definition) is 6. The summed E-state index contributed by atoms with van der Waals surface area (Å²) in [6, 6.07) is -0.442. The monoisotopic (exact) mass is 420 g/mol. The second-order valence-corrected chi connectivity index (χ2v) is 10.6. The minimum absolute atomic E-state index is 0.00315. The van der Waals surface area contributed by atoms with E-state index >= 15 is 0 Å². The molecule has 0 aromatic rings. The summed E-state index contributed by atoms with van der Waals surface area (Å²) in [7, 11) is 0. The van der Waals surface area contributed by atoms with Gasteiger partial charge < -0.3 is 19.4 Å². The fourth-order valence-electron chi connectivity index (χ4n) is 5.59. The molecule has 166 valence electrons. The van der Waals surface area contributed by atoms with Crippen molar-refractivity contribution in [3.63, 3.8) is 0 Å². The zero-order valence-electron chi connectivity index (χ0n) is 18.0. The highest BCUT2D eigenvalue weighted by atomic mass is 16.6. The largest absolute Gasteiger partial charge is 0.444 e. The number of urea groups is 1. The molecule has 2 bridgehead atoms. The maximum atomic E-state index is 12.5. The van der Waals surface area contributed by atoms with Crippen LogP contribution >= 0.6 is 0 Å². The summed E-state index contributed by atoms with van der Waals surface area (Å²) < 4.78 is 5.48. The Kier molecular flexibility index (Phi) is 4.47. The Labute approximate surface area is 176 Å². The second-order valence-electron chi connectivity index (χ2n) is 10.6. The van der Waals surface area contributed by atoms with Gasteiger partial charge in [-0.2, -0.15) is 0 Å². The van der Waals surface area contributed by atoms with E-state index in [4.69, 9.17) is 9.57 Å². The van der Waals surface area contributed by atoms with Crippen molar-refractivity contribution in [3.05, 3.63) is 0 Å². The van der Waals surface area contributed by atoms with Gasteiger partial charge in [-0.15, -0.1) is 0 Å². The molecule has 4 fully saturated rings. The molecule has 1 unspecified atom stereocenters. The van der Waals surface area contributed by atoms with Crippen LogP contribution in [-0.4, -0.2) is 81.3 Å². The maximum Gasteiger partial charge on any atom is 0.410 e.